The molecule has 11 aromatic carbocycles. The van der Waals surface area contributed by atoms with Gasteiger partial charge in [-0.25, -0.2) is 0 Å². The first-order valence-electron chi connectivity index (χ1n) is 22.6. The van der Waals surface area contributed by atoms with Gasteiger partial charge in [0.05, 0.1) is 27.9 Å². The van der Waals surface area contributed by atoms with E-state index in [1.54, 1.807) is 0 Å². The molecule has 0 saturated carbocycles. The normalized spacial score (nSPS) is 12.6. The van der Waals surface area contributed by atoms with Crippen LogP contribution in [0.4, 0.5) is 34.1 Å². The monoisotopic (exact) mass is 850 g/mol. The minimum Gasteiger partial charge on any atom is -0.309 e. The van der Waals surface area contributed by atoms with Gasteiger partial charge in [0, 0.05) is 22.7 Å². The topological polar surface area (TPSA) is 54.1 Å². The van der Waals surface area contributed by atoms with Crippen molar-refractivity contribution in [3.63, 3.8) is 0 Å². The Hall–Kier alpha value is -9.22. The molecule has 4 heteroatoms. The van der Waals surface area contributed by atoms with Crippen molar-refractivity contribution in [1.29, 1.82) is 10.5 Å². The molecule has 0 radical (unpaired) electrons. The van der Waals surface area contributed by atoms with Crippen molar-refractivity contribution in [3.8, 4) is 34.4 Å². The van der Waals surface area contributed by atoms with Crippen LogP contribution >= 0.6 is 0 Å². The van der Waals surface area contributed by atoms with Crippen molar-refractivity contribution in [2.24, 2.45) is 0 Å². The maximum Gasteiger partial charge on any atom is 0.101 e. The smallest absolute Gasteiger partial charge is 0.101 e. The zero-order valence-corrected chi connectivity index (χ0v) is 36.2. The predicted molar refractivity (Wildman–Crippen MR) is 274 cm³/mol. The van der Waals surface area contributed by atoms with Gasteiger partial charge in [-0.15, -0.1) is 0 Å². The second kappa shape index (κ2) is 14.9. The molecule has 0 atom stereocenters. The number of hydrogen-bond acceptors (Lipinski definition) is 4. The lowest BCUT2D eigenvalue weighted by Crippen LogP contribution is -2.26. The maximum absolute atomic E-state index is 10.3. The summed E-state index contributed by atoms with van der Waals surface area (Å²) in [4.78, 5) is 4.39. The van der Waals surface area contributed by atoms with E-state index < -0.39 is 5.41 Å². The number of nitrogens with zero attached hydrogens (tertiary/aromatic N) is 4. The Kier molecular flexibility index (Phi) is 8.52. The van der Waals surface area contributed by atoms with Gasteiger partial charge < -0.3 is 9.80 Å². The van der Waals surface area contributed by atoms with Crippen molar-refractivity contribution in [2.45, 2.75) is 5.41 Å². The fraction of sp³-hybridized carbons (Fsp3) is 0.0159. The van der Waals surface area contributed by atoms with Crippen molar-refractivity contribution < 1.29 is 0 Å². The fourth-order valence-corrected chi connectivity index (χ4v) is 11.2. The molecule has 2 aliphatic rings. The molecule has 0 aromatic heterocycles. The van der Waals surface area contributed by atoms with E-state index in [4.69, 9.17) is 0 Å². The van der Waals surface area contributed by atoms with E-state index in [2.05, 4.69) is 168 Å². The summed E-state index contributed by atoms with van der Waals surface area (Å²) in [6.45, 7) is 0. The molecule has 4 nitrogen and oxygen atoms in total. The highest BCUT2D eigenvalue weighted by atomic mass is 15.1. The van der Waals surface area contributed by atoms with Gasteiger partial charge in [0.25, 0.3) is 0 Å². The molecule has 0 amide bonds. The second-order valence-electron chi connectivity index (χ2n) is 17.5. The van der Waals surface area contributed by atoms with E-state index in [1.165, 1.54) is 55.3 Å². The molecule has 13 rings (SSSR count). The maximum atomic E-state index is 10.3. The third-order valence-electron chi connectivity index (χ3n) is 14.0. The number of para-hydroxylation sites is 4. The molecule has 0 heterocycles. The Labute approximate surface area is 388 Å². The van der Waals surface area contributed by atoms with E-state index >= 15 is 0 Å². The van der Waals surface area contributed by atoms with Crippen LogP contribution in [0, 0.1) is 22.7 Å². The summed E-state index contributed by atoms with van der Waals surface area (Å²) >= 11 is 0. The van der Waals surface area contributed by atoms with Gasteiger partial charge in [-0.1, -0.05) is 133 Å². The lowest BCUT2D eigenvalue weighted by Gasteiger charge is -2.31. The third-order valence-corrected chi connectivity index (χ3v) is 14.0. The summed E-state index contributed by atoms with van der Waals surface area (Å²) in [5.74, 6) is 0. The Morgan fingerprint density at radius 3 is 1.36 bits per heavy atom. The summed E-state index contributed by atoms with van der Waals surface area (Å²) in [6, 6.07) is 86.7. The van der Waals surface area contributed by atoms with Crippen LogP contribution in [0.5, 0.6) is 0 Å². The highest BCUT2D eigenvalue weighted by Crippen LogP contribution is 2.65. The van der Waals surface area contributed by atoms with Crippen LogP contribution in [0.2, 0.25) is 0 Å². The molecule has 310 valence electrons. The molecule has 0 unspecified atom stereocenters. The average Bonchev–Trinajstić information content (AvgIpc) is 3.84. The Morgan fingerprint density at radius 2 is 0.791 bits per heavy atom. The van der Waals surface area contributed by atoms with Crippen LogP contribution in [0.15, 0.2) is 231 Å². The predicted octanol–water partition coefficient (Wildman–Crippen LogP) is 16.2. The standard InChI is InChI=1S/C63H38N4/c64-39-44-16-8-13-25-60(44)66(48-18-3-1-4-19-48)50-30-27-42-35-54-55-36-43-28-31-51(67(49-20-5-2-6-21-49)61-26-14-9-17-45(61)40-65)34-47(43)38-59(55)63(58(54)37-46(42)33-50)56-24-12-11-23-53(56)62-52-22-10-7-15-41(52)29-32-57(62)63/h1-38H. The molecule has 0 bridgehead atoms. The van der Waals surface area contributed by atoms with E-state index in [1.807, 2.05) is 84.9 Å². The van der Waals surface area contributed by atoms with E-state index in [-0.39, 0.29) is 0 Å². The van der Waals surface area contributed by atoms with Gasteiger partial charge in [0.2, 0.25) is 0 Å². The highest BCUT2D eigenvalue weighted by Gasteiger charge is 2.52. The molecule has 1 spiro atoms. The summed E-state index contributed by atoms with van der Waals surface area (Å²) in [5, 5.41) is 27.6. The first kappa shape index (κ1) is 38.3. The van der Waals surface area contributed by atoms with Crippen LogP contribution in [-0.4, -0.2) is 0 Å². The van der Waals surface area contributed by atoms with Crippen LogP contribution in [0.3, 0.4) is 0 Å². The van der Waals surface area contributed by atoms with Gasteiger partial charge in [-0.3, -0.25) is 0 Å². The second-order valence-corrected chi connectivity index (χ2v) is 17.5. The molecule has 2 aliphatic carbocycles. The van der Waals surface area contributed by atoms with E-state index in [9.17, 15) is 10.5 Å². The molecular weight excluding hydrogens is 813 g/mol. The molecule has 0 aliphatic heterocycles. The summed E-state index contributed by atoms with van der Waals surface area (Å²) in [7, 11) is 0. The van der Waals surface area contributed by atoms with Gasteiger partial charge in [0.15, 0.2) is 0 Å². The summed E-state index contributed by atoms with van der Waals surface area (Å²) in [6.07, 6.45) is 0. The van der Waals surface area contributed by atoms with Crippen LogP contribution < -0.4 is 9.80 Å². The average molecular weight is 851 g/mol. The van der Waals surface area contributed by atoms with Gasteiger partial charge in [-0.2, -0.15) is 10.5 Å². The number of benzene rings is 11. The molecule has 11 aromatic rings. The van der Waals surface area contributed by atoms with E-state index in [0.717, 1.165) is 55.7 Å². The molecular formula is C63H38N4. The molecule has 67 heavy (non-hydrogen) atoms. The molecule has 0 saturated heterocycles. The number of nitriles is 2. The van der Waals surface area contributed by atoms with Crippen LogP contribution in [0.25, 0.3) is 54.6 Å². The van der Waals surface area contributed by atoms with Gasteiger partial charge in [0.1, 0.15) is 12.1 Å². The Morgan fingerprint density at radius 1 is 0.313 bits per heavy atom. The largest absolute Gasteiger partial charge is 0.309 e. The van der Waals surface area contributed by atoms with Crippen molar-refractivity contribution >= 4 is 66.4 Å². The fourth-order valence-electron chi connectivity index (χ4n) is 11.2. The summed E-state index contributed by atoms with van der Waals surface area (Å²) in [5.41, 5.74) is 16.2. The zero-order chi connectivity index (χ0) is 44.6. The lowest BCUT2D eigenvalue weighted by molar-refractivity contribution is 0.797. The van der Waals surface area contributed by atoms with E-state index in [0.29, 0.717) is 11.1 Å². The number of rotatable bonds is 6. The Bertz CT molecular complexity index is 3720. The molecule has 0 N–H and O–H groups in total. The summed E-state index contributed by atoms with van der Waals surface area (Å²) < 4.78 is 0. The Balaban J connectivity index is 1.09. The van der Waals surface area contributed by atoms with Crippen LogP contribution in [-0.2, 0) is 5.41 Å². The first-order valence-corrected chi connectivity index (χ1v) is 22.6. The molecule has 0 fully saturated rings. The lowest BCUT2D eigenvalue weighted by atomic mass is 9.70. The number of hydrogen-bond donors (Lipinski definition) is 0. The SMILES string of the molecule is N#Cc1ccccc1N(c1ccccc1)c1ccc2cc3c(cc2c1)C1(c2cc4cc(N(c5ccccc5)c5ccccc5C#N)ccc4cc2-3)c2ccccc2-c2c1ccc1ccccc21. The number of fused-ring (bicyclic) bond motifs is 14. The van der Waals surface area contributed by atoms with Gasteiger partial charge in [-0.05, 0) is 174 Å². The third kappa shape index (κ3) is 5.64. The highest BCUT2D eigenvalue weighted by molar-refractivity contribution is 6.09. The minimum absolute atomic E-state index is 0.609. The first-order chi connectivity index (χ1) is 33.1. The van der Waals surface area contributed by atoms with Crippen molar-refractivity contribution in [1.82, 2.24) is 0 Å². The number of anilines is 6. The van der Waals surface area contributed by atoms with Crippen molar-refractivity contribution in [2.75, 3.05) is 9.80 Å². The van der Waals surface area contributed by atoms with Gasteiger partial charge >= 0.3 is 0 Å². The van der Waals surface area contributed by atoms with Crippen LogP contribution in [0.1, 0.15) is 33.4 Å². The minimum atomic E-state index is -0.631. The quantitative estimate of drug-likeness (QED) is 0.167. The van der Waals surface area contributed by atoms with Crippen molar-refractivity contribution in [3.05, 3.63) is 264 Å². The zero-order valence-electron chi connectivity index (χ0n) is 36.2.